The van der Waals surface area contributed by atoms with Crippen molar-refractivity contribution < 1.29 is 24.2 Å². The van der Waals surface area contributed by atoms with Crippen molar-refractivity contribution in [2.75, 3.05) is 13.2 Å². The zero-order valence-corrected chi connectivity index (χ0v) is 18.5. The van der Waals surface area contributed by atoms with Crippen LogP contribution in [0.5, 0.6) is 0 Å². The van der Waals surface area contributed by atoms with E-state index in [1.54, 1.807) is 6.92 Å². The van der Waals surface area contributed by atoms with Gasteiger partial charge in [-0.25, -0.2) is 9.59 Å². The van der Waals surface area contributed by atoms with Gasteiger partial charge in [0.05, 0.1) is 0 Å². The second-order valence-electron chi connectivity index (χ2n) is 9.33. The number of rotatable bonds is 6. The molecular formula is C25H28N2O5. The van der Waals surface area contributed by atoms with E-state index in [4.69, 9.17) is 4.74 Å². The summed E-state index contributed by atoms with van der Waals surface area (Å²) in [4.78, 5) is 37.8. The fourth-order valence-electron chi connectivity index (χ4n) is 4.90. The van der Waals surface area contributed by atoms with Crippen molar-refractivity contribution in [1.29, 1.82) is 0 Å². The van der Waals surface area contributed by atoms with Crippen LogP contribution in [0.15, 0.2) is 48.5 Å². The van der Waals surface area contributed by atoms with E-state index >= 15 is 0 Å². The molecule has 2 atom stereocenters. The zero-order chi connectivity index (χ0) is 23.0. The van der Waals surface area contributed by atoms with E-state index in [1.165, 1.54) is 4.90 Å². The third kappa shape index (κ3) is 3.95. The third-order valence-corrected chi connectivity index (χ3v) is 6.37. The normalized spacial score (nSPS) is 19.3. The minimum atomic E-state index is -1.01. The van der Waals surface area contributed by atoms with Crippen molar-refractivity contribution in [2.24, 2.45) is 5.41 Å². The first-order valence-electron chi connectivity index (χ1n) is 10.8. The summed E-state index contributed by atoms with van der Waals surface area (Å²) in [6.45, 7) is 5.95. The Morgan fingerprint density at radius 2 is 1.66 bits per heavy atom. The maximum absolute atomic E-state index is 12.5. The number of nitrogens with one attached hydrogen (secondary N) is 1. The molecule has 2 aromatic rings. The second-order valence-corrected chi connectivity index (χ2v) is 9.33. The lowest BCUT2D eigenvalue weighted by Crippen LogP contribution is -2.67. The molecule has 1 fully saturated rings. The van der Waals surface area contributed by atoms with Crippen LogP contribution in [0.1, 0.15) is 44.2 Å². The Balaban J connectivity index is 1.32. The number of alkyl carbamates (subject to hydrolysis) is 1. The summed E-state index contributed by atoms with van der Waals surface area (Å²) < 4.78 is 5.52. The van der Waals surface area contributed by atoms with Gasteiger partial charge in [-0.2, -0.15) is 0 Å². The summed E-state index contributed by atoms with van der Waals surface area (Å²) in [6, 6.07) is 14.9. The number of aliphatic carboxylic acids is 1. The summed E-state index contributed by atoms with van der Waals surface area (Å²) in [6.07, 6.45) is -0.574. The van der Waals surface area contributed by atoms with Gasteiger partial charge in [0.1, 0.15) is 12.6 Å². The molecule has 1 aliphatic carbocycles. The van der Waals surface area contributed by atoms with E-state index in [0.717, 1.165) is 22.3 Å². The van der Waals surface area contributed by atoms with E-state index < -0.39 is 29.6 Å². The number of carboxylic acids is 1. The van der Waals surface area contributed by atoms with Crippen molar-refractivity contribution in [3.63, 3.8) is 0 Å². The third-order valence-electron chi connectivity index (χ3n) is 6.37. The maximum Gasteiger partial charge on any atom is 0.407 e. The summed E-state index contributed by atoms with van der Waals surface area (Å²) in [7, 11) is 0. The number of likely N-dealkylation sites (tertiary alicyclic amines) is 1. The van der Waals surface area contributed by atoms with Gasteiger partial charge in [-0.05, 0) is 29.2 Å². The van der Waals surface area contributed by atoms with Crippen LogP contribution >= 0.6 is 0 Å². The molecule has 1 heterocycles. The summed E-state index contributed by atoms with van der Waals surface area (Å²) >= 11 is 0. The van der Waals surface area contributed by atoms with Crippen LogP contribution in [0.4, 0.5) is 4.79 Å². The fourth-order valence-corrected chi connectivity index (χ4v) is 4.90. The minimum Gasteiger partial charge on any atom is -0.480 e. The van der Waals surface area contributed by atoms with Gasteiger partial charge in [-0.3, -0.25) is 4.79 Å². The Bertz CT molecular complexity index is 1020. The number of carboxylic acid groups (broad SMARTS) is 1. The average Bonchev–Trinajstić information content (AvgIpc) is 3.04. The van der Waals surface area contributed by atoms with Crippen molar-refractivity contribution in [3.05, 3.63) is 59.7 Å². The highest BCUT2D eigenvalue weighted by Gasteiger charge is 2.52. The predicted molar refractivity (Wildman–Crippen MR) is 119 cm³/mol. The average molecular weight is 437 g/mol. The number of amides is 2. The first kappa shape index (κ1) is 21.9. The summed E-state index contributed by atoms with van der Waals surface area (Å²) in [5.74, 6) is -1.33. The molecule has 2 amide bonds. The SMILES string of the molecule is C[C@@H](CC(=O)N1CC(C)(C)C1C(=O)O)NC(=O)OCC1c2ccccc2-c2ccccc21. The van der Waals surface area contributed by atoms with Gasteiger partial charge in [0.15, 0.2) is 0 Å². The van der Waals surface area contributed by atoms with Gasteiger partial charge in [-0.15, -0.1) is 0 Å². The van der Waals surface area contributed by atoms with Crippen LogP contribution in [-0.2, 0) is 14.3 Å². The Labute approximate surface area is 187 Å². The van der Waals surface area contributed by atoms with Gasteiger partial charge in [0.25, 0.3) is 0 Å². The van der Waals surface area contributed by atoms with Gasteiger partial charge in [-0.1, -0.05) is 62.4 Å². The Morgan fingerprint density at radius 1 is 1.09 bits per heavy atom. The number of nitrogens with zero attached hydrogens (tertiary/aromatic N) is 1. The molecule has 2 N–H and O–H groups in total. The van der Waals surface area contributed by atoms with Gasteiger partial charge in [0.2, 0.25) is 5.91 Å². The number of fused-ring (bicyclic) bond motifs is 3. The summed E-state index contributed by atoms with van der Waals surface area (Å²) in [5, 5.41) is 12.1. The topological polar surface area (TPSA) is 95.9 Å². The van der Waals surface area contributed by atoms with Gasteiger partial charge < -0.3 is 20.1 Å². The highest BCUT2D eigenvalue weighted by Crippen LogP contribution is 2.44. The first-order valence-corrected chi connectivity index (χ1v) is 10.8. The van der Waals surface area contributed by atoms with Gasteiger partial charge in [0, 0.05) is 30.3 Å². The molecule has 1 saturated heterocycles. The molecule has 0 bridgehead atoms. The lowest BCUT2D eigenvalue weighted by molar-refractivity contribution is -0.172. The monoisotopic (exact) mass is 436 g/mol. The van der Waals surface area contributed by atoms with Crippen molar-refractivity contribution in [3.8, 4) is 11.1 Å². The molecular weight excluding hydrogens is 408 g/mol. The van der Waals surface area contributed by atoms with E-state index in [9.17, 15) is 19.5 Å². The van der Waals surface area contributed by atoms with Crippen molar-refractivity contribution in [2.45, 2.75) is 45.2 Å². The molecule has 7 heteroatoms. The molecule has 1 aliphatic heterocycles. The van der Waals surface area contributed by atoms with Crippen LogP contribution in [0.25, 0.3) is 11.1 Å². The van der Waals surface area contributed by atoms with Crippen LogP contribution in [-0.4, -0.2) is 53.2 Å². The quantitative estimate of drug-likeness (QED) is 0.721. The van der Waals surface area contributed by atoms with E-state index in [2.05, 4.69) is 29.6 Å². The Hall–Kier alpha value is -3.35. The van der Waals surface area contributed by atoms with Gasteiger partial charge >= 0.3 is 12.1 Å². The van der Waals surface area contributed by atoms with Crippen LogP contribution < -0.4 is 5.32 Å². The Kier molecular flexibility index (Phi) is 5.67. The largest absolute Gasteiger partial charge is 0.480 e. The number of carbonyl (C=O) groups is 3. The second kappa shape index (κ2) is 8.30. The molecule has 32 heavy (non-hydrogen) atoms. The van der Waals surface area contributed by atoms with Crippen molar-refractivity contribution in [1.82, 2.24) is 10.2 Å². The van der Waals surface area contributed by atoms with Crippen LogP contribution in [0, 0.1) is 5.41 Å². The molecule has 7 nitrogen and oxygen atoms in total. The standard InChI is InChI=1S/C25H28N2O5/c1-15(12-21(28)27-14-25(2,3)22(27)23(29)30)26-24(31)32-13-20-18-10-6-4-8-16(18)17-9-5-7-11-19(17)20/h4-11,15,20,22H,12-14H2,1-3H3,(H,26,31)(H,29,30)/t15-,22?/m0/s1. The number of carbonyl (C=O) groups excluding carboxylic acids is 2. The van der Waals surface area contributed by atoms with Crippen LogP contribution in [0.2, 0.25) is 0 Å². The lowest BCUT2D eigenvalue weighted by atomic mass is 9.74. The highest BCUT2D eigenvalue weighted by molar-refractivity contribution is 5.87. The molecule has 0 saturated carbocycles. The van der Waals surface area contributed by atoms with E-state index in [0.29, 0.717) is 6.54 Å². The number of ether oxygens (including phenoxy) is 1. The molecule has 168 valence electrons. The molecule has 0 radical (unpaired) electrons. The van der Waals surface area contributed by atoms with Crippen LogP contribution in [0.3, 0.4) is 0 Å². The molecule has 0 aromatic heterocycles. The summed E-state index contributed by atoms with van der Waals surface area (Å²) in [5.41, 5.74) is 4.11. The minimum absolute atomic E-state index is 0.0179. The molecule has 4 rings (SSSR count). The molecule has 0 spiro atoms. The molecule has 2 aromatic carbocycles. The first-order chi connectivity index (χ1) is 15.2. The van der Waals surface area contributed by atoms with E-state index in [-0.39, 0.29) is 24.9 Å². The number of hydrogen-bond donors (Lipinski definition) is 2. The Morgan fingerprint density at radius 3 is 2.19 bits per heavy atom. The lowest BCUT2D eigenvalue weighted by Gasteiger charge is -2.51. The van der Waals surface area contributed by atoms with E-state index in [1.807, 2.05) is 38.1 Å². The molecule has 2 aliphatic rings. The predicted octanol–water partition coefficient (Wildman–Crippen LogP) is 3.63. The molecule has 1 unspecified atom stereocenters. The fraction of sp³-hybridized carbons (Fsp3) is 0.400. The number of hydrogen-bond acceptors (Lipinski definition) is 4. The smallest absolute Gasteiger partial charge is 0.407 e. The number of benzene rings is 2. The van der Waals surface area contributed by atoms with Crippen molar-refractivity contribution >= 4 is 18.0 Å². The zero-order valence-electron chi connectivity index (χ0n) is 18.5. The maximum atomic E-state index is 12.5. The highest BCUT2D eigenvalue weighted by atomic mass is 16.5.